The van der Waals surface area contributed by atoms with Crippen molar-refractivity contribution in [2.45, 2.75) is 23.3 Å². The van der Waals surface area contributed by atoms with E-state index in [1.54, 1.807) is 0 Å². The van der Waals surface area contributed by atoms with Crippen LogP contribution in [0.2, 0.25) is 0 Å². The molecular formula is C12H13NO11. The molecule has 3 atom stereocenters. The molecule has 0 saturated carbocycles. The number of fused-ring (bicyclic) bond motifs is 1. The van der Waals surface area contributed by atoms with Crippen molar-refractivity contribution in [3.05, 3.63) is 39.1 Å². The van der Waals surface area contributed by atoms with Gasteiger partial charge in [-0.15, -0.1) is 0 Å². The van der Waals surface area contributed by atoms with E-state index in [0.29, 0.717) is 0 Å². The van der Waals surface area contributed by atoms with Crippen molar-refractivity contribution in [3.63, 3.8) is 0 Å². The summed E-state index contributed by atoms with van der Waals surface area (Å²) in [6.07, 6.45) is 1.18. The molecule has 132 valence electrons. The number of hydrogen-bond donors (Lipinski definition) is 4. The van der Waals surface area contributed by atoms with Crippen LogP contribution in [0, 0.1) is 15.3 Å². The number of ketones is 2. The molecule has 4 N–H and O–H groups in total. The molecule has 2 aliphatic heterocycles. The first-order chi connectivity index (χ1) is 10.9. The third-order valence-corrected chi connectivity index (χ3v) is 3.73. The quantitative estimate of drug-likeness (QED) is 0.163. The minimum absolute atomic E-state index is 0. The summed E-state index contributed by atoms with van der Waals surface area (Å²) in [4.78, 5) is 31.4. The van der Waals surface area contributed by atoms with Gasteiger partial charge in [-0.2, -0.15) is 0 Å². The second-order valence-corrected chi connectivity index (χ2v) is 5.30. The van der Waals surface area contributed by atoms with Crippen molar-refractivity contribution in [2.75, 3.05) is 13.2 Å². The highest BCUT2D eigenvalue weighted by molar-refractivity contribution is 6.18. The van der Waals surface area contributed by atoms with E-state index in [4.69, 9.17) is 24.8 Å². The molecule has 1 aliphatic carbocycles. The van der Waals surface area contributed by atoms with Crippen LogP contribution in [0.3, 0.4) is 0 Å². The number of allylic oxidation sites excluding steroid dienone is 3. The van der Waals surface area contributed by atoms with Crippen molar-refractivity contribution in [1.29, 1.82) is 0 Å². The van der Waals surface area contributed by atoms with Crippen LogP contribution in [0.25, 0.3) is 0 Å². The molecule has 24 heavy (non-hydrogen) atoms. The van der Waals surface area contributed by atoms with Gasteiger partial charge in [0.1, 0.15) is 6.61 Å². The molecule has 2 heterocycles. The molecule has 12 heteroatoms. The smallest absolute Gasteiger partial charge is 0.377 e. The van der Waals surface area contributed by atoms with Crippen LogP contribution < -0.4 is 0 Å². The van der Waals surface area contributed by atoms with Gasteiger partial charge < -0.3 is 45.2 Å². The Kier molecular flexibility index (Phi) is 4.30. The zero-order valence-electron chi connectivity index (χ0n) is 12.8. The zero-order chi connectivity index (χ0) is 18.3. The van der Waals surface area contributed by atoms with Gasteiger partial charge in [0.15, 0.2) is 23.3 Å². The summed E-state index contributed by atoms with van der Waals surface area (Å²) in [7, 11) is 0. The predicted octanol–water partition coefficient (Wildman–Crippen LogP) is -2.98. The number of ether oxygens (including phenoxy) is 2. The summed E-state index contributed by atoms with van der Waals surface area (Å²) in [5.41, 5.74) is -2.77. The van der Waals surface area contributed by atoms with Gasteiger partial charge in [0, 0.05) is 5.57 Å². The fourth-order valence-electron chi connectivity index (χ4n) is 2.67. The van der Waals surface area contributed by atoms with Gasteiger partial charge in [0.25, 0.3) is 0 Å². The van der Waals surface area contributed by atoms with Crippen LogP contribution >= 0.6 is 0 Å². The van der Waals surface area contributed by atoms with E-state index in [1.807, 2.05) is 0 Å². The average molecular weight is 347 g/mol. The van der Waals surface area contributed by atoms with Crippen molar-refractivity contribution in [3.8, 4) is 0 Å². The highest BCUT2D eigenvalue weighted by Gasteiger charge is 2.73. The summed E-state index contributed by atoms with van der Waals surface area (Å²) in [5, 5.41) is 55.0. The Hall–Kier alpha value is -2.22. The SMILES string of the molecule is O=C1C=CC(=O)C([C@@]2(O)CO[C@@H]3C(O)(O)CO[C@@]32O)=C1.O=[N+]([O-])[O-].[H+]. The maximum atomic E-state index is 11.8. The number of aliphatic hydroxyl groups is 4. The molecule has 0 aromatic carbocycles. The molecule has 0 amide bonds. The van der Waals surface area contributed by atoms with E-state index in [1.165, 1.54) is 0 Å². The minimum atomic E-state index is -2.52. The van der Waals surface area contributed by atoms with Crippen LogP contribution in [0.5, 0.6) is 0 Å². The van der Waals surface area contributed by atoms with E-state index in [-0.39, 0.29) is 1.43 Å². The summed E-state index contributed by atoms with van der Waals surface area (Å²) in [6.45, 7) is -1.32. The number of carbonyl (C=O) groups excluding carboxylic acids is 2. The first-order valence-electron chi connectivity index (χ1n) is 6.39. The topological polar surface area (TPSA) is 200 Å². The summed E-state index contributed by atoms with van der Waals surface area (Å²) < 4.78 is 9.88. The molecule has 2 saturated heterocycles. The number of hydrogen-bond acceptors (Lipinski definition) is 11. The van der Waals surface area contributed by atoms with Gasteiger partial charge in [0.2, 0.25) is 11.6 Å². The molecule has 2 fully saturated rings. The number of carbonyl (C=O) groups is 2. The second-order valence-electron chi connectivity index (χ2n) is 5.30. The van der Waals surface area contributed by atoms with Crippen LogP contribution in [0.4, 0.5) is 0 Å². The molecule has 12 nitrogen and oxygen atoms in total. The summed E-state index contributed by atoms with van der Waals surface area (Å²) >= 11 is 0. The monoisotopic (exact) mass is 347 g/mol. The average Bonchev–Trinajstić information content (AvgIpc) is 2.86. The molecule has 0 aromatic heterocycles. The molecule has 0 spiro atoms. The Bertz CT molecular complexity index is 655. The molecule has 0 radical (unpaired) electrons. The van der Waals surface area contributed by atoms with E-state index in [9.17, 15) is 30.0 Å². The zero-order valence-corrected chi connectivity index (χ0v) is 11.8. The third-order valence-electron chi connectivity index (χ3n) is 3.73. The lowest BCUT2D eigenvalue weighted by atomic mass is 9.80. The molecule has 0 aromatic rings. The highest BCUT2D eigenvalue weighted by Crippen LogP contribution is 2.48. The predicted molar refractivity (Wildman–Crippen MR) is 71.5 cm³/mol. The minimum Gasteiger partial charge on any atom is -0.377 e. The lowest BCUT2D eigenvalue weighted by Crippen LogP contribution is -2.60. The number of nitrogens with zero attached hydrogens (tertiary/aromatic N) is 1. The third kappa shape index (κ3) is 2.71. The van der Waals surface area contributed by atoms with Crippen molar-refractivity contribution >= 4 is 11.6 Å². The molecule has 0 bridgehead atoms. The van der Waals surface area contributed by atoms with Gasteiger partial charge in [-0.05, 0) is 18.2 Å². The highest BCUT2D eigenvalue weighted by atomic mass is 16.9. The van der Waals surface area contributed by atoms with Crippen LogP contribution in [0.1, 0.15) is 1.43 Å². The molecule has 0 unspecified atom stereocenters. The van der Waals surface area contributed by atoms with Gasteiger partial charge in [0.05, 0.1) is 11.7 Å². The largest absolute Gasteiger partial charge is 1.00 e. The van der Waals surface area contributed by atoms with E-state index >= 15 is 0 Å². The van der Waals surface area contributed by atoms with E-state index in [2.05, 4.69) is 0 Å². The fraction of sp³-hybridized carbons (Fsp3) is 0.500. The van der Waals surface area contributed by atoms with E-state index < -0.39 is 58.7 Å². The van der Waals surface area contributed by atoms with Crippen LogP contribution in [-0.2, 0) is 19.1 Å². The lowest BCUT2D eigenvalue weighted by Gasteiger charge is -2.35. The van der Waals surface area contributed by atoms with Gasteiger partial charge in [-0.1, -0.05) is 0 Å². The van der Waals surface area contributed by atoms with Crippen LogP contribution in [-0.4, -0.2) is 73.6 Å². The Labute approximate surface area is 134 Å². The Morgan fingerprint density at radius 1 is 1.17 bits per heavy atom. The lowest BCUT2D eigenvalue weighted by molar-refractivity contribution is -0.402. The van der Waals surface area contributed by atoms with Crippen molar-refractivity contribution < 1.29 is 46.0 Å². The van der Waals surface area contributed by atoms with Gasteiger partial charge in [-0.3, -0.25) is 9.59 Å². The van der Waals surface area contributed by atoms with E-state index in [0.717, 1.165) is 18.2 Å². The standard InChI is InChI=1S/C12H12O8.NO3/c13-6-1-2-8(14)7(3-6)10(15)4-19-9-11(16,17)5-20-12(9,10)18;2-1(3)4/h1-3,9,15-18H,4-5H2;/q;-1/p+1/t9-,10+,12+;/m1./s1. The van der Waals surface area contributed by atoms with Gasteiger partial charge in [-0.25, -0.2) is 0 Å². The summed E-state index contributed by atoms with van der Waals surface area (Å²) in [6, 6.07) is 0. The van der Waals surface area contributed by atoms with Crippen LogP contribution in [0.15, 0.2) is 23.8 Å². The maximum Gasteiger partial charge on any atom is 1.00 e. The number of rotatable bonds is 1. The van der Waals surface area contributed by atoms with Gasteiger partial charge >= 0.3 is 1.43 Å². The van der Waals surface area contributed by atoms with Crippen molar-refractivity contribution in [1.82, 2.24) is 0 Å². The molecule has 3 rings (SSSR count). The Balaban J connectivity index is 0.000000568. The molecule has 3 aliphatic rings. The Morgan fingerprint density at radius 3 is 2.33 bits per heavy atom. The Morgan fingerprint density at radius 2 is 1.75 bits per heavy atom. The normalized spacial score (nSPS) is 36.7. The maximum absolute atomic E-state index is 11.8. The first kappa shape index (κ1) is 18.1. The molecular weight excluding hydrogens is 334 g/mol. The fourth-order valence-corrected chi connectivity index (χ4v) is 2.67. The first-order valence-corrected chi connectivity index (χ1v) is 6.39. The summed E-state index contributed by atoms with van der Waals surface area (Å²) in [5.74, 6) is -6.26. The second kappa shape index (κ2) is 5.70. The van der Waals surface area contributed by atoms with Crippen molar-refractivity contribution in [2.24, 2.45) is 0 Å².